The summed E-state index contributed by atoms with van der Waals surface area (Å²) in [5.41, 5.74) is 2.26. The monoisotopic (exact) mass is 417 g/mol. The Morgan fingerprint density at radius 2 is 2.18 bits per heavy atom. The first-order valence-corrected chi connectivity index (χ1v) is 11.8. The Hall–Kier alpha value is -2.16. The molecule has 8 heteroatoms. The van der Waals surface area contributed by atoms with E-state index in [-0.39, 0.29) is 23.3 Å². The molecule has 1 fully saturated rings. The van der Waals surface area contributed by atoms with E-state index < -0.39 is 9.84 Å². The van der Waals surface area contributed by atoms with Crippen molar-refractivity contribution in [1.82, 2.24) is 4.90 Å². The molecule has 1 aromatic carbocycles. The maximum Gasteiger partial charge on any atom is 0.232 e. The molecule has 0 aliphatic carbocycles. The van der Waals surface area contributed by atoms with Crippen molar-refractivity contribution < 1.29 is 22.7 Å². The van der Waals surface area contributed by atoms with Gasteiger partial charge in [0.25, 0.3) is 0 Å². The van der Waals surface area contributed by atoms with Crippen LogP contribution in [-0.4, -0.2) is 43.4 Å². The number of hydrogen-bond donors (Lipinski definition) is 0. The van der Waals surface area contributed by atoms with Crippen molar-refractivity contribution in [3.63, 3.8) is 0 Å². The lowest BCUT2D eigenvalue weighted by molar-refractivity contribution is 0.0637. The normalized spacial score (nSPS) is 24.7. The summed E-state index contributed by atoms with van der Waals surface area (Å²) in [6.07, 6.45) is 2.39. The van der Waals surface area contributed by atoms with Gasteiger partial charge in [-0.05, 0) is 30.9 Å². The molecule has 0 N–H and O–H groups in total. The summed E-state index contributed by atoms with van der Waals surface area (Å²) < 4.78 is 35.5. The van der Waals surface area contributed by atoms with Gasteiger partial charge in [-0.2, -0.15) is 0 Å². The summed E-state index contributed by atoms with van der Waals surface area (Å²) in [4.78, 5) is 15.9. The van der Waals surface area contributed by atoms with Crippen LogP contribution in [0.5, 0.6) is 11.5 Å². The van der Waals surface area contributed by atoms with Gasteiger partial charge < -0.3 is 9.47 Å². The predicted octanol–water partition coefficient (Wildman–Crippen LogP) is 3.01. The van der Waals surface area contributed by atoms with Crippen LogP contribution in [0.1, 0.15) is 32.8 Å². The van der Waals surface area contributed by atoms with Crippen LogP contribution in [0.2, 0.25) is 0 Å². The van der Waals surface area contributed by atoms with E-state index in [1.54, 1.807) is 17.4 Å². The van der Waals surface area contributed by atoms with Gasteiger partial charge in [-0.1, -0.05) is 6.07 Å². The van der Waals surface area contributed by atoms with Crippen molar-refractivity contribution in [2.45, 2.75) is 25.9 Å². The van der Waals surface area contributed by atoms with Crippen molar-refractivity contribution in [2.24, 2.45) is 0 Å². The number of benzene rings is 1. The second kappa shape index (κ2) is 6.43. The number of carbonyl (C=O) groups is 1. The minimum atomic E-state index is -2.96. The number of sulfone groups is 1. The van der Waals surface area contributed by atoms with Crippen LogP contribution >= 0.6 is 11.3 Å². The molecule has 1 aromatic heterocycles. The van der Waals surface area contributed by atoms with E-state index in [0.29, 0.717) is 36.8 Å². The van der Waals surface area contributed by atoms with Crippen molar-refractivity contribution >= 4 is 33.0 Å². The van der Waals surface area contributed by atoms with Crippen molar-refractivity contribution in [1.29, 1.82) is 0 Å². The van der Waals surface area contributed by atoms with Crippen molar-refractivity contribution in [3.8, 4) is 11.5 Å². The first-order valence-electron chi connectivity index (χ1n) is 9.13. The molecule has 3 aliphatic heterocycles. The van der Waals surface area contributed by atoms with Gasteiger partial charge in [-0.3, -0.25) is 9.69 Å². The summed E-state index contributed by atoms with van der Waals surface area (Å²) in [5, 5.41) is 1.95. The number of thiophene rings is 1. The number of fused-ring (bicyclic) bond motifs is 2. The predicted molar refractivity (Wildman–Crippen MR) is 107 cm³/mol. The Bertz CT molecular complexity index is 1100. The summed E-state index contributed by atoms with van der Waals surface area (Å²) in [5.74, 6) is 1.89. The molecule has 3 aliphatic rings. The summed E-state index contributed by atoms with van der Waals surface area (Å²) in [6, 6.07) is 5.67. The molecule has 1 saturated heterocycles. The average Bonchev–Trinajstić information content (AvgIpc) is 3.37. The Kier molecular flexibility index (Phi) is 4.12. The number of rotatable bonds is 2. The number of allylic oxidation sites excluding steroid dienone is 1. The number of ether oxygens (including phenoxy) is 2. The molecule has 1 atom stereocenters. The number of Topliss-reactive ketones (excluding diaryl/α,β-unsaturated/α-hetero) is 1. The van der Waals surface area contributed by atoms with E-state index in [0.717, 1.165) is 21.8 Å². The zero-order valence-electron chi connectivity index (χ0n) is 15.3. The van der Waals surface area contributed by atoms with Crippen molar-refractivity contribution in [2.75, 3.05) is 18.2 Å². The summed E-state index contributed by atoms with van der Waals surface area (Å²) in [6.45, 7) is 2.81. The lowest BCUT2D eigenvalue weighted by Crippen LogP contribution is -2.41. The third-order valence-corrected chi connectivity index (χ3v) is 8.08. The van der Waals surface area contributed by atoms with Gasteiger partial charge in [-0.25, -0.2) is 8.42 Å². The zero-order chi connectivity index (χ0) is 19.5. The minimum Gasteiger partial charge on any atom is -0.477 e. The van der Waals surface area contributed by atoms with Crippen LogP contribution in [0.3, 0.4) is 0 Å². The quantitative estimate of drug-likeness (QED) is 0.700. The van der Waals surface area contributed by atoms with Crippen molar-refractivity contribution in [3.05, 3.63) is 50.9 Å². The lowest BCUT2D eigenvalue weighted by Gasteiger charge is -2.33. The van der Waals surface area contributed by atoms with Gasteiger partial charge in [0.15, 0.2) is 15.6 Å². The third-order valence-electron chi connectivity index (χ3n) is 5.51. The minimum absolute atomic E-state index is 0.0343. The van der Waals surface area contributed by atoms with Gasteiger partial charge >= 0.3 is 0 Å². The van der Waals surface area contributed by atoms with Crippen LogP contribution < -0.4 is 9.47 Å². The Morgan fingerprint density at radius 3 is 2.89 bits per heavy atom. The van der Waals surface area contributed by atoms with E-state index in [2.05, 4.69) is 0 Å². The molecule has 2 aromatic rings. The number of carbonyl (C=O) groups excluding carboxylic acids is 1. The number of ketones is 1. The van der Waals surface area contributed by atoms with Crippen LogP contribution in [0.4, 0.5) is 0 Å². The molecule has 0 radical (unpaired) electrons. The number of nitrogens with zero attached hydrogens (tertiary/aromatic N) is 1. The van der Waals surface area contributed by atoms with Crippen LogP contribution in [0.25, 0.3) is 6.08 Å². The first-order chi connectivity index (χ1) is 13.4. The summed E-state index contributed by atoms with van der Waals surface area (Å²) >= 11 is 1.55. The van der Waals surface area contributed by atoms with E-state index in [9.17, 15) is 13.2 Å². The summed E-state index contributed by atoms with van der Waals surface area (Å²) in [7, 11) is -2.96. The SMILES string of the molecule is Cc1c2c(cc3c1O/C(=C\c1cccs1)C3=O)CN([C@@H]1CCS(=O)(=O)C1)CO2. The Morgan fingerprint density at radius 1 is 1.32 bits per heavy atom. The van der Waals surface area contributed by atoms with Crippen LogP contribution in [-0.2, 0) is 16.4 Å². The molecule has 0 spiro atoms. The fourth-order valence-electron chi connectivity index (χ4n) is 4.07. The zero-order valence-corrected chi connectivity index (χ0v) is 16.9. The van der Waals surface area contributed by atoms with E-state index in [1.807, 2.05) is 35.4 Å². The van der Waals surface area contributed by atoms with Gasteiger partial charge in [-0.15, -0.1) is 11.3 Å². The number of hydrogen-bond acceptors (Lipinski definition) is 7. The highest BCUT2D eigenvalue weighted by Gasteiger charge is 2.37. The fourth-order valence-corrected chi connectivity index (χ4v) is 6.47. The maximum atomic E-state index is 12.9. The molecule has 6 nitrogen and oxygen atoms in total. The largest absolute Gasteiger partial charge is 0.477 e. The van der Waals surface area contributed by atoms with Crippen LogP contribution in [0.15, 0.2) is 29.3 Å². The molecule has 4 heterocycles. The highest BCUT2D eigenvalue weighted by Crippen LogP contribution is 2.43. The molecule has 0 amide bonds. The molecule has 146 valence electrons. The smallest absolute Gasteiger partial charge is 0.232 e. The highest BCUT2D eigenvalue weighted by molar-refractivity contribution is 7.91. The first kappa shape index (κ1) is 17.9. The molecule has 28 heavy (non-hydrogen) atoms. The maximum absolute atomic E-state index is 12.9. The Balaban J connectivity index is 1.46. The lowest BCUT2D eigenvalue weighted by atomic mass is 9.99. The molecule has 5 rings (SSSR count). The molecule has 0 saturated carbocycles. The van der Waals surface area contributed by atoms with Crippen LogP contribution in [0, 0.1) is 6.92 Å². The molecule has 0 bridgehead atoms. The topological polar surface area (TPSA) is 72.9 Å². The second-order valence-electron chi connectivity index (χ2n) is 7.40. The molecular weight excluding hydrogens is 398 g/mol. The standard InChI is InChI=1S/C20H19NO5S2/c1-12-19-13(9-21(11-25-19)14-4-6-28(23,24)10-14)7-16-18(22)17(26-20(12)16)8-15-3-2-5-27-15/h2-3,5,7-8,14H,4,6,9-11H2,1H3/b17-8-/t14-/m1/s1. The molecular formula is C20H19NO5S2. The van der Waals surface area contributed by atoms with Gasteiger partial charge in [0.1, 0.15) is 18.2 Å². The van der Waals surface area contributed by atoms with E-state index in [1.165, 1.54) is 0 Å². The van der Waals surface area contributed by atoms with Gasteiger partial charge in [0, 0.05) is 34.7 Å². The van der Waals surface area contributed by atoms with E-state index >= 15 is 0 Å². The highest BCUT2D eigenvalue weighted by atomic mass is 32.2. The van der Waals surface area contributed by atoms with Gasteiger partial charge in [0.05, 0.1) is 17.1 Å². The fraction of sp³-hybridized carbons (Fsp3) is 0.350. The third kappa shape index (κ3) is 2.96. The second-order valence-corrected chi connectivity index (χ2v) is 10.6. The Labute approximate surface area is 167 Å². The van der Waals surface area contributed by atoms with E-state index in [4.69, 9.17) is 9.47 Å². The van der Waals surface area contributed by atoms with Gasteiger partial charge in [0.2, 0.25) is 5.78 Å². The average molecular weight is 418 g/mol. The molecule has 0 unspecified atom stereocenters.